The average Bonchev–Trinajstić information content (AvgIpc) is 3.15. The Labute approximate surface area is 162 Å². The molecule has 27 heavy (non-hydrogen) atoms. The molecule has 1 N–H and O–H groups in total. The van der Waals surface area contributed by atoms with Crippen LogP contribution in [0.4, 0.5) is 5.69 Å². The number of carbonyl (C=O) groups is 1. The molecule has 0 saturated heterocycles. The molecule has 2 aromatic carbocycles. The van der Waals surface area contributed by atoms with Gasteiger partial charge in [0, 0.05) is 5.69 Å². The monoisotopic (exact) mass is 383 g/mol. The standard InChI is InChI=1S/C19H21N5O2S/c1-13(2)14-5-4-6-15(11-14)20-18(25)12-27-19-21-22-23-24(19)16-7-9-17(26-3)10-8-16/h4-11,13H,12H2,1-3H3,(H,20,25). The number of nitrogens with one attached hydrogen (secondary N) is 1. The van der Waals surface area contributed by atoms with Gasteiger partial charge in [-0.15, -0.1) is 5.10 Å². The predicted molar refractivity (Wildman–Crippen MR) is 106 cm³/mol. The molecule has 0 aliphatic rings. The molecule has 0 aliphatic carbocycles. The highest BCUT2D eigenvalue weighted by atomic mass is 32.2. The maximum Gasteiger partial charge on any atom is 0.234 e. The van der Waals surface area contributed by atoms with E-state index in [1.165, 1.54) is 17.3 Å². The van der Waals surface area contributed by atoms with Crippen molar-refractivity contribution in [3.63, 3.8) is 0 Å². The summed E-state index contributed by atoms with van der Waals surface area (Å²) >= 11 is 1.28. The Morgan fingerprint density at radius 2 is 2.00 bits per heavy atom. The molecule has 7 nitrogen and oxygen atoms in total. The number of nitrogens with zero attached hydrogens (tertiary/aromatic N) is 4. The molecule has 3 rings (SSSR count). The molecule has 1 amide bonds. The Bertz CT molecular complexity index is 908. The number of rotatable bonds is 7. The Hall–Kier alpha value is -2.87. The number of anilines is 1. The lowest BCUT2D eigenvalue weighted by Gasteiger charge is -2.09. The quantitative estimate of drug-likeness (QED) is 0.629. The van der Waals surface area contributed by atoms with E-state index in [1.807, 2.05) is 42.5 Å². The zero-order valence-corrected chi connectivity index (χ0v) is 16.2. The van der Waals surface area contributed by atoms with Crippen molar-refractivity contribution in [2.75, 3.05) is 18.2 Å². The lowest BCUT2D eigenvalue weighted by Crippen LogP contribution is -2.14. The van der Waals surface area contributed by atoms with Gasteiger partial charge in [-0.25, -0.2) is 0 Å². The van der Waals surface area contributed by atoms with E-state index in [4.69, 9.17) is 4.74 Å². The third-order valence-corrected chi connectivity index (χ3v) is 4.85. The lowest BCUT2D eigenvalue weighted by molar-refractivity contribution is -0.113. The van der Waals surface area contributed by atoms with Crippen LogP contribution in [-0.4, -0.2) is 39.0 Å². The highest BCUT2D eigenvalue weighted by Crippen LogP contribution is 2.22. The van der Waals surface area contributed by atoms with Gasteiger partial charge in [0.2, 0.25) is 11.1 Å². The summed E-state index contributed by atoms with van der Waals surface area (Å²) < 4.78 is 6.75. The van der Waals surface area contributed by atoms with Gasteiger partial charge < -0.3 is 10.1 Å². The molecule has 140 valence electrons. The van der Waals surface area contributed by atoms with E-state index < -0.39 is 0 Å². The number of amides is 1. The molecule has 0 saturated carbocycles. The molecular formula is C19H21N5O2S. The number of hydrogen-bond acceptors (Lipinski definition) is 6. The van der Waals surface area contributed by atoms with Gasteiger partial charge in [-0.2, -0.15) is 4.68 Å². The average molecular weight is 383 g/mol. The fourth-order valence-corrected chi connectivity index (χ4v) is 3.15. The van der Waals surface area contributed by atoms with Crippen LogP contribution in [0.5, 0.6) is 5.75 Å². The number of aromatic nitrogens is 4. The van der Waals surface area contributed by atoms with Gasteiger partial charge in [-0.1, -0.05) is 37.7 Å². The van der Waals surface area contributed by atoms with Crippen molar-refractivity contribution in [3.05, 3.63) is 54.1 Å². The predicted octanol–water partition coefficient (Wildman–Crippen LogP) is 3.53. The van der Waals surface area contributed by atoms with E-state index in [-0.39, 0.29) is 11.7 Å². The van der Waals surface area contributed by atoms with Gasteiger partial charge in [0.1, 0.15) is 5.75 Å². The van der Waals surface area contributed by atoms with Crippen LogP contribution in [0, 0.1) is 0 Å². The van der Waals surface area contributed by atoms with Crippen LogP contribution in [-0.2, 0) is 4.79 Å². The fourth-order valence-electron chi connectivity index (χ4n) is 2.46. The van der Waals surface area contributed by atoms with Crippen LogP contribution < -0.4 is 10.1 Å². The zero-order valence-electron chi connectivity index (χ0n) is 15.4. The summed E-state index contributed by atoms with van der Waals surface area (Å²) in [7, 11) is 1.61. The number of thioether (sulfide) groups is 1. The van der Waals surface area contributed by atoms with E-state index in [9.17, 15) is 4.79 Å². The van der Waals surface area contributed by atoms with E-state index >= 15 is 0 Å². The third kappa shape index (κ3) is 4.85. The van der Waals surface area contributed by atoms with Crippen molar-refractivity contribution in [3.8, 4) is 11.4 Å². The molecule has 0 atom stereocenters. The topological polar surface area (TPSA) is 81.9 Å². The van der Waals surface area contributed by atoms with Crippen molar-refractivity contribution < 1.29 is 9.53 Å². The largest absolute Gasteiger partial charge is 0.497 e. The van der Waals surface area contributed by atoms with Crippen LogP contribution >= 0.6 is 11.8 Å². The first-order valence-electron chi connectivity index (χ1n) is 8.52. The van der Waals surface area contributed by atoms with Crippen molar-refractivity contribution in [2.24, 2.45) is 0 Å². The second kappa shape index (κ2) is 8.68. The Balaban J connectivity index is 1.63. The van der Waals surface area contributed by atoms with Crippen molar-refractivity contribution in [1.29, 1.82) is 0 Å². The van der Waals surface area contributed by atoms with Gasteiger partial charge >= 0.3 is 0 Å². The first-order valence-corrected chi connectivity index (χ1v) is 9.51. The summed E-state index contributed by atoms with van der Waals surface area (Å²) in [5, 5.41) is 15.2. The summed E-state index contributed by atoms with van der Waals surface area (Å²) in [4.78, 5) is 12.3. The van der Waals surface area contributed by atoms with E-state index in [0.717, 1.165) is 17.1 Å². The summed E-state index contributed by atoms with van der Waals surface area (Å²) in [5.41, 5.74) is 2.78. The summed E-state index contributed by atoms with van der Waals surface area (Å²) in [6.45, 7) is 4.24. The van der Waals surface area contributed by atoms with Gasteiger partial charge in [-0.05, 0) is 58.3 Å². The first kappa shape index (κ1) is 18.9. The second-order valence-corrected chi connectivity index (χ2v) is 7.13. The molecule has 0 unspecified atom stereocenters. The summed E-state index contributed by atoms with van der Waals surface area (Å²) in [6.07, 6.45) is 0. The highest BCUT2D eigenvalue weighted by Gasteiger charge is 2.12. The van der Waals surface area contributed by atoms with Crippen LogP contribution in [0.25, 0.3) is 5.69 Å². The maximum absolute atomic E-state index is 12.3. The van der Waals surface area contributed by atoms with Crippen LogP contribution in [0.1, 0.15) is 25.3 Å². The Morgan fingerprint density at radius 3 is 2.70 bits per heavy atom. The maximum atomic E-state index is 12.3. The lowest BCUT2D eigenvalue weighted by atomic mass is 10.0. The third-order valence-electron chi connectivity index (χ3n) is 3.93. The second-order valence-electron chi connectivity index (χ2n) is 6.19. The number of hydrogen-bond donors (Lipinski definition) is 1. The molecular weight excluding hydrogens is 362 g/mol. The Kier molecular flexibility index (Phi) is 6.08. The fraction of sp³-hybridized carbons (Fsp3) is 0.263. The van der Waals surface area contributed by atoms with Crippen molar-refractivity contribution in [2.45, 2.75) is 24.9 Å². The minimum atomic E-state index is -0.106. The number of benzene rings is 2. The Morgan fingerprint density at radius 1 is 1.22 bits per heavy atom. The van der Waals surface area contributed by atoms with E-state index in [1.54, 1.807) is 11.8 Å². The number of ether oxygens (including phenoxy) is 1. The molecule has 3 aromatic rings. The van der Waals surface area contributed by atoms with Crippen molar-refractivity contribution in [1.82, 2.24) is 20.2 Å². The molecule has 0 fully saturated rings. The normalized spacial score (nSPS) is 10.8. The summed E-state index contributed by atoms with van der Waals surface area (Å²) in [6, 6.07) is 15.3. The first-order chi connectivity index (χ1) is 13.1. The van der Waals surface area contributed by atoms with Gasteiger partial charge in [0.15, 0.2) is 0 Å². The van der Waals surface area contributed by atoms with Gasteiger partial charge in [-0.3, -0.25) is 4.79 Å². The van der Waals surface area contributed by atoms with Gasteiger partial charge in [0.05, 0.1) is 18.6 Å². The smallest absolute Gasteiger partial charge is 0.234 e. The number of tetrazole rings is 1. The molecule has 0 bridgehead atoms. The number of methoxy groups -OCH3 is 1. The molecule has 1 aromatic heterocycles. The molecule has 0 spiro atoms. The molecule has 1 heterocycles. The van der Waals surface area contributed by atoms with Crippen LogP contribution in [0.3, 0.4) is 0 Å². The SMILES string of the molecule is COc1ccc(-n2nnnc2SCC(=O)Nc2cccc(C(C)C)c2)cc1. The zero-order chi connectivity index (χ0) is 19.2. The van der Waals surface area contributed by atoms with E-state index in [2.05, 4.69) is 40.8 Å². The highest BCUT2D eigenvalue weighted by molar-refractivity contribution is 7.99. The van der Waals surface area contributed by atoms with Crippen LogP contribution in [0.15, 0.2) is 53.7 Å². The minimum Gasteiger partial charge on any atom is -0.497 e. The molecule has 0 aliphatic heterocycles. The van der Waals surface area contributed by atoms with E-state index in [0.29, 0.717) is 11.1 Å². The van der Waals surface area contributed by atoms with Crippen LogP contribution in [0.2, 0.25) is 0 Å². The van der Waals surface area contributed by atoms with Gasteiger partial charge in [0.25, 0.3) is 0 Å². The molecule has 8 heteroatoms. The molecule has 0 radical (unpaired) electrons. The number of carbonyl (C=O) groups excluding carboxylic acids is 1. The van der Waals surface area contributed by atoms with Crippen molar-refractivity contribution >= 4 is 23.4 Å². The summed E-state index contributed by atoms with van der Waals surface area (Å²) in [5.74, 6) is 1.27. The minimum absolute atomic E-state index is 0.106.